The van der Waals surface area contributed by atoms with Crippen LogP contribution in [0.25, 0.3) is 0 Å². The van der Waals surface area contributed by atoms with Crippen molar-refractivity contribution in [2.45, 2.75) is 31.9 Å². The first-order chi connectivity index (χ1) is 9.79. The molecule has 0 heterocycles. The van der Waals surface area contributed by atoms with Crippen LogP contribution in [0.1, 0.15) is 24.8 Å². The van der Waals surface area contributed by atoms with E-state index in [1.807, 2.05) is 30.3 Å². The molecule has 1 N–H and O–H groups in total. The number of alkyl carbamates (subject to hydrolysis) is 1. The van der Waals surface area contributed by atoms with Crippen molar-refractivity contribution in [1.29, 1.82) is 0 Å². The van der Waals surface area contributed by atoms with E-state index < -0.39 is 0 Å². The molecule has 1 aromatic carbocycles. The van der Waals surface area contributed by atoms with Crippen molar-refractivity contribution >= 4 is 6.09 Å². The molecule has 2 atom stereocenters. The number of ether oxygens (including phenoxy) is 1. The number of amides is 1. The molecule has 0 bridgehead atoms. The second-order valence-electron chi connectivity index (χ2n) is 5.01. The fourth-order valence-corrected chi connectivity index (χ4v) is 2.41. The number of benzene rings is 1. The Kier molecular flexibility index (Phi) is 5.42. The minimum Gasteiger partial charge on any atom is -0.445 e. The van der Waals surface area contributed by atoms with E-state index in [1.165, 1.54) is 0 Å². The van der Waals surface area contributed by atoms with Gasteiger partial charge in [-0.25, -0.2) is 4.79 Å². The fourth-order valence-electron chi connectivity index (χ4n) is 2.41. The Morgan fingerprint density at radius 1 is 1.40 bits per heavy atom. The molecule has 0 fully saturated rings. The Balaban J connectivity index is 1.80. The summed E-state index contributed by atoms with van der Waals surface area (Å²) in [6, 6.07) is 9.64. The molecular formula is C17H21NO2. The van der Waals surface area contributed by atoms with Gasteiger partial charge in [0.25, 0.3) is 0 Å². The molecule has 0 aromatic heterocycles. The van der Waals surface area contributed by atoms with Crippen molar-refractivity contribution < 1.29 is 9.53 Å². The molecule has 2 rings (SSSR count). The van der Waals surface area contributed by atoms with Gasteiger partial charge in [-0.3, -0.25) is 0 Å². The first kappa shape index (κ1) is 14.4. The number of nitrogens with one attached hydrogen (secondary N) is 1. The monoisotopic (exact) mass is 271 g/mol. The largest absolute Gasteiger partial charge is 0.445 e. The summed E-state index contributed by atoms with van der Waals surface area (Å²) in [6.07, 6.45) is 8.89. The Labute approximate surface area is 120 Å². The maximum Gasteiger partial charge on any atom is 0.407 e. The lowest BCUT2D eigenvalue weighted by molar-refractivity contribution is 0.134. The van der Waals surface area contributed by atoms with Crippen molar-refractivity contribution in [2.75, 3.05) is 0 Å². The molecule has 106 valence electrons. The number of carbonyl (C=O) groups excluding carboxylic acids is 1. The first-order valence-corrected chi connectivity index (χ1v) is 7.04. The van der Waals surface area contributed by atoms with E-state index in [0.29, 0.717) is 12.5 Å². The van der Waals surface area contributed by atoms with Gasteiger partial charge in [-0.05, 0) is 30.7 Å². The summed E-state index contributed by atoms with van der Waals surface area (Å²) >= 11 is 0. The Morgan fingerprint density at radius 3 is 2.85 bits per heavy atom. The standard InChI is InChI=1S/C17H21NO2/c1-2-16(15-11-7-4-8-12-15)18-17(19)20-13-14-9-5-3-6-10-14/h2-7,9-10,15-16H,1,8,11-13H2,(H,18,19)/t15?,16-/m1/s1. The molecule has 1 amide bonds. The summed E-state index contributed by atoms with van der Waals surface area (Å²) in [4.78, 5) is 11.8. The first-order valence-electron chi connectivity index (χ1n) is 7.04. The molecule has 1 aromatic rings. The summed E-state index contributed by atoms with van der Waals surface area (Å²) in [7, 11) is 0. The molecule has 0 saturated heterocycles. The Morgan fingerprint density at radius 2 is 2.20 bits per heavy atom. The molecule has 1 aliphatic rings. The number of carbonyl (C=O) groups is 1. The van der Waals surface area contributed by atoms with Crippen LogP contribution in [-0.2, 0) is 11.3 Å². The predicted octanol–water partition coefficient (Wildman–Crippen LogP) is 3.82. The van der Waals surface area contributed by atoms with E-state index in [1.54, 1.807) is 6.08 Å². The molecule has 0 radical (unpaired) electrons. The van der Waals surface area contributed by atoms with Gasteiger partial charge in [0.1, 0.15) is 6.61 Å². The molecule has 1 aliphatic carbocycles. The van der Waals surface area contributed by atoms with Crippen molar-refractivity contribution in [3.8, 4) is 0 Å². The van der Waals surface area contributed by atoms with E-state index in [0.717, 1.165) is 24.8 Å². The third-order valence-electron chi connectivity index (χ3n) is 3.57. The SMILES string of the molecule is C=C[C@@H](NC(=O)OCc1ccccc1)C1CC=CCC1. The zero-order chi connectivity index (χ0) is 14.2. The Hall–Kier alpha value is -2.03. The van der Waals surface area contributed by atoms with Gasteiger partial charge in [0.05, 0.1) is 6.04 Å². The smallest absolute Gasteiger partial charge is 0.407 e. The molecule has 1 unspecified atom stereocenters. The van der Waals surface area contributed by atoms with Crippen LogP contribution in [0.2, 0.25) is 0 Å². The van der Waals surface area contributed by atoms with Gasteiger partial charge in [-0.15, -0.1) is 6.58 Å². The minimum absolute atomic E-state index is 0.0248. The number of hydrogen-bond donors (Lipinski definition) is 1. The summed E-state index contributed by atoms with van der Waals surface area (Å²) in [6.45, 7) is 4.11. The lowest BCUT2D eigenvalue weighted by Crippen LogP contribution is -2.39. The maximum absolute atomic E-state index is 11.8. The van der Waals surface area contributed by atoms with Gasteiger partial charge < -0.3 is 10.1 Å². The second-order valence-corrected chi connectivity index (χ2v) is 5.01. The summed E-state index contributed by atoms with van der Waals surface area (Å²) in [5.74, 6) is 0.418. The van der Waals surface area contributed by atoms with Gasteiger partial charge in [-0.1, -0.05) is 48.6 Å². The number of allylic oxidation sites excluding steroid dienone is 2. The van der Waals surface area contributed by atoms with E-state index in [4.69, 9.17) is 4.74 Å². The molecule has 0 saturated carbocycles. The summed E-state index contributed by atoms with van der Waals surface area (Å²) in [5.41, 5.74) is 0.985. The molecular weight excluding hydrogens is 250 g/mol. The zero-order valence-corrected chi connectivity index (χ0v) is 11.6. The van der Waals surface area contributed by atoms with Gasteiger partial charge in [0, 0.05) is 0 Å². The van der Waals surface area contributed by atoms with Crippen molar-refractivity contribution in [2.24, 2.45) is 5.92 Å². The maximum atomic E-state index is 11.8. The normalized spacial score (nSPS) is 19.1. The molecule has 3 heteroatoms. The van der Waals surface area contributed by atoms with E-state index in [-0.39, 0.29) is 12.1 Å². The van der Waals surface area contributed by atoms with Crippen LogP contribution < -0.4 is 5.32 Å². The van der Waals surface area contributed by atoms with Crippen LogP contribution in [0.3, 0.4) is 0 Å². The lowest BCUT2D eigenvalue weighted by Gasteiger charge is -2.26. The van der Waals surface area contributed by atoms with Crippen LogP contribution in [-0.4, -0.2) is 12.1 Å². The van der Waals surface area contributed by atoms with Gasteiger partial charge in [0.2, 0.25) is 0 Å². The highest BCUT2D eigenvalue weighted by Crippen LogP contribution is 2.22. The van der Waals surface area contributed by atoms with Crippen molar-refractivity contribution in [1.82, 2.24) is 5.32 Å². The van der Waals surface area contributed by atoms with Gasteiger partial charge >= 0.3 is 6.09 Å². The van der Waals surface area contributed by atoms with Crippen LogP contribution in [0, 0.1) is 5.92 Å². The lowest BCUT2D eigenvalue weighted by atomic mass is 9.88. The molecule has 3 nitrogen and oxygen atoms in total. The molecule has 0 aliphatic heterocycles. The van der Waals surface area contributed by atoms with Crippen molar-refractivity contribution in [3.05, 3.63) is 60.7 Å². The molecule has 20 heavy (non-hydrogen) atoms. The highest BCUT2D eigenvalue weighted by molar-refractivity contribution is 5.68. The van der Waals surface area contributed by atoms with Crippen LogP contribution in [0.4, 0.5) is 4.79 Å². The second kappa shape index (κ2) is 7.53. The third kappa shape index (κ3) is 4.26. The summed E-state index contributed by atoms with van der Waals surface area (Å²) in [5, 5.41) is 2.89. The van der Waals surface area contributed by atoms with E-state index in [2.05, 4.69) is 24.0 Å². The third-order valence-corrected chi connectivity index (χ3v) is 3.57. The van der Waals surface area contributed by atoms with Crippen LogP contribution in [0.5, 0.6) is 0 Å². The average Bonchev–Trinajstić information content (AvgIpc) is 2.52. The number of hydrogen-bond acceptors (Lipinski definition) is 2. The highest BCUT2D eigenvalue weighted by atomic mass is 16.5. The quantitative estimate of drug-likeness (QED) is 0.827. The van der Waals surface area contributed by atoms with Gasteiger partial charge in [-0.2, -0.15) is 0 Å². The predicted molar refractivity (Wildman–Crippen MR) is 80.2 cm³/mol. The number of rotatable bonds is 5. The van der Waals surface area contributed by atoms with Crippen molar-refractivity contribution in [3.63, 3.8) is 0 Å². The van der Waals surface area contributed by atoms with Crippen LogP contribution >= 0.6 is 0 Å². The fraction of sp³-hybridized carbons (Fsp3) is 0.353. The highest BCUT2D eigenvalue weighted by Gasteiger charge is 2.21. The zero-order valence-electron chi connectivity index (χ0n) is 11.6. The average molecular weight is 271 g/mol. The topological polar surface area (TPSA) is 38.3 Å². The van der Waals surface area contributed by atoms with E-state index >= 15 is 0 Å². The van der Waals surface area contributed by atoms with Gasteiger partial charge in [0.15, 0.2) is 0 Å². The summed E-state index contributed by atoms with van der Waals surface area (Å²) < 4.78 is 5.24. The van der Waals surface area contributed by atoms with E-state index in [9.17, 15) is 4.79 Å². The Bertz CT molecular complexity index is 467. The molecule has 0 spiro atoms. The minimum atomic E-state index is -0.381. The van der Waals surface area contributed by atoms with Crippen LogP contribution in [0.15, 0.2) is 55.1 Å².